The van der Waals surface area contributed by atoms with Gasteiger partial charge in [-0.1, -0.05) is 13.8 Å². The molecule has 0 saturated carbocycles. The Balaban J connectivity index is 1.83. The van der Waals surface area contributed by atoms with Gasteiger partial charge in [0.15, 0.2) is 0 Å². The van der Waals surface area contributed by atoms with E-state index in [4.69, 9.17) is 4.74 Å². The Kier molecular flexibility index (Phi) is 5.37. The largest absolute Gasteiger partial charge is 0.392 e. The van der Waals surface area contributed by atoms with E-state index in [0.717, 1.165) is 12.8 Å². The predicted molar refractivity (Wildman–Crippen MR) is 76.4 cm³/mol. The normalized spacial score (nSPS) is 27.6. The number of rotatable bonds is 3. The molecule has 0 aliphatic carbocycles. The average molecular weight is 322 g/mol. The molecule has 128 valence electrons. The molecule has 0 radical (unpaired) electrons. The van der Waals surface area contributed by atoms with Gasteiger partial charge in [0.2, 0.25) is 5.91 Å². The molecule has 7 heteroatoms. The Bertz CT molecular complexity index is 393. The summed E-state index contributed by atoms with van der Waals surface area (Å²) in [4.78, 5) is 13.9. The molecule has 2 rings (SSSR count). The fraction of sp³-hybridized carbons (Fsp3) is 0.933. The van der Waals surface area contributed by atoms with E-state index >= 15 is 0 Å². The number of piperidine rings is 1. The van der Waals surface area contributed by atoms with Crippen molar-refractivity contribution in [2.45, 2.75) is 45.3 Å². The standard InChI is InChI=1S/C15H25F3N2O2/c1-14(2)10-20(6-3-12(14)15(16,17)18)9-13(21)19-11-4-7-22-8-5-11/h11-12H,3-10H2,1-2H3,(H,19,21)/t12-/m0/s1. The van der Waals surface area contributed by atoms with Gasteiger partial charge in [0.05, 0.1) is 12.5 Å². The number of carbonyl (C=O) groups excluding carboxylic acids is 1. The van der Waals surface area contributed by atoms with Gasteiger partial charge in [-0.05, 0) is 31.2 Å². The van der Waals surface area contributed by atoms with Crippen LogP contribution in [0.3, 0.4) is 0 Å². The zero-order valence-electron chi connectivity index (χ0n) is 13.2. The molecule has 2 aliphatic rings. The molecule has 1 atom stereocenters. The van der Waals surface area contributed by atoms with Crippen LogP contribution in [0.2, 0.25) is 0 Å². The van der Waals surface area contributed by atoms with Gasteiger partial charge in [-0.2, -0.15) is 13.2 Å². The van der Waals surface area contributed by atoms with Crippen LogP contribution in [0.1, 0.15) is 33.1 Å². The van der Waals surface area contributed by atoms with E-state index in [0.29, 0.717) is 26.3 Å². The maximum atomic E-state index is 13.0. The SMILES string of the molecule is CC1(C)CN(CC(=O)NC2CCOCC2)CC[C@@H]1C(F)(F)F. The molecule has 0 aromatic carbocycles. The molecule has 2 fully saturated rings. The molecular weight excluding hydrogens is 297 g/mol. The van der Waals surface area contributed by atoms with Crippen molar-refractivity contribution in [1.29, 1.82) is 0 Å². The summed E-state index contributed by atoms with van der Waals surface area (Å²) in [5.74, 6) is -1.40. The quantitative estimate of drug-likeness (QED) is 0.866. The molecule has 2 aliphatic heterocycles. The highest BCUT2D eigenvalue weighted by atomic mass is 19.4. The van der Waals surface area contributed by atoms with Gasteiger partial charge >= 0.3 is 6.18 Å². The molecule has 4 nitrogen and oxygen atoms in total. The Labute approximate surface area is 129 Å². The summed E-state index contributed by atoms with van der Waals surface area (Å²) in [5.41, 5.74) is -0.866. The van der Waals surface area contributed by atoms with Crippen molar-refractivity contribution in [2.24, 2.45) is 11.3 Å². The number of ether oxygens (including phenoxy) is 1. The van der Waals surface area contributed by atoms with Gasteiger partial charge in [-0.15, -0.1) is 0 Å². The summed E-state index contributed by atoms with van der Waals surface area (Å²) in [5, 5.41) is 2.95. The number of halogens is 3. The summed E-state index contributed by atoms with van der Waals surface area (Å²) in [7, 11) is 0. The lowest BCUT2D eigenvalue weighted by atomic mass is 9.73. The monoisotopic (exact) mass is 322 g/mol. The van der Waals surface area contributed by atoms with Crippen LogP contribution in [0.25, 0.3) is 0 Å². The van der Waals surface area contributed by atoms with Crippen molar-refractivity contribution in [3.8, 4) is 0 Å². The first kappa shape index (κ1) is 17.5. The molecule has 22 heavy (non-hydrogen) atoms. The van der Waals surface area contributed by atoms with Crippen LogP contribution < -0.4 is 5.32 Å². The van der Waals surface area contributed by atoms with E-state index in [1.54, 1.807) is 13.8 Å². The predicted octanol–water partition coefficient (Wildman–Crippen LogP) is 2.19. The van der Waals surface area contributed by atoms with E-state index in [-0.39, 0.29) is 24.9 Å². The number of likely N-dealkylation sites (tertiary alicyclic amines) is 1. The smallest absolute Gasteiger partial charge is 0.381 e. The number of nitrogens with zero attached hydrogens (tertiary/aromatic N) is 1. The summed E-state index contributed by atoms with van der Waals surface area (Å²) in [6, 6.07) is 0.127. The molecular formula is C15H25F3N2O2. The second kappa shape index (κ2) is 6.74. The van der Waals surface area contributed by atoms with Crippen molar-refractivity contribution in [1.82, 2.24) is 10.2 Å². The average Bonchev–Trinajstić information content (AvgIpc) is 2.36. The Morgan fingerprint density at radius 2 is 1.91 bits per heavy atom. The number of carbonyl (C=O) groups is 1. The summed E-state index contributed by atoms with van der Waals surface area (Å²) >= 11 is 0. The first-order valence-corrected chi connectivity index (χ1v) is 7.84. The van der Waals surface area contributed by atoms with E-state index < -0.39 is 17.5 Å². The first-order valence-electron chi connectivity index (χ1n) is 7.84. The number of alkyl halides is 3. The molecule has 0 spiro atoms. The van der Waals surface area contributed by atoms with Crippen LogP contribution in [0.5, 0.6) is 0 Å². The lowest BCUT2D eigenvalue weighted by Gasteiger charge is -2.44. The fourth-order valence-corrected chi connectivity index (χ4v) is 3.53. The van der Waals surface area contributed by atoms with Crippen molar-refractivity contribution < 1.29 is 22.7 Å². The van der Waals surface area contributed by atoms with Crippen molar-refractivity contribution in [3.05, 3.63) is 0 Å². The fourth-order valence-electron chi connectivity index (χ4n) is 3.53. The zero-order valence-corrected chi connectivity index (χ0v) is 13.2. The Hall–Kier alpha value is -0.820. The van der Waals surface area contributed by atoms with Gasteiger partial charge in [0, 0.05) is 25.8 Å². The van der Waals surface area contributed by atoms with Crippen LogP contribution >= 0.6 is 0 Å². The van der Waals surface area contributed by atoms with Crippen molar-refractivity contribution >= 4 is 5.91 Å². The summed E-state index contributed by atoms with van der Waals surface area (Å²) in [6.07, 6.45) is -2.51. The van der Waals surface area contributed by atoms with Crippen molar-refractivity contribution in [3.63, 3.8) is 0 Å². The Morgan fingerprint density at radius 3 is 2.45 bits per heavy atom. The highest BCUT2D eigenvalue weighted by Crippen LogP contribution is 2.44. The molecule has 2 saturated heterocycles. The van der Waals surface area contributed by atoms with Gasteiger partial charge in [-0.3, -0.25) is 9.69 Å². The van der Waals surface area contributed by atoms with Gasteiger partial charge in [0.25, 0.3) is 0 Å². The molecule has 0 bridgehead atoms. The third-order valence-electron chi connectivity index (χ3n) is 4.66. The lowest BCUT2D eigenvalue weighted by molar-refractivity contribution is -0.216. The third-order valence-corrected chi connectivity index (χ3v) is 4.66. The van der Waals surface area contributed by atoms with E-state index in [9.17, 15) is 18.0 Å². The first-order chi connectivity index (χ1) is 10.2. The molecule has 0 aromatic rings. The number of nitrogens with one attached hydrogen (secondary N) is 1. The van der Waals surface area contributed by atoms with Crippen LogP contribution in [-0.4, -0.2) is 55.9 Å². The molecule has 1 N–H and O–H groups in total. The van der Waals surface area contributed by atoms with E-state index in [1.165, 1.54) is 0 Å². The third kappa shape index (κ3) is 4.59. The molecule has 0 aromatic heterocycles. The second-order valence-electron chi connectivity index (χ2n) is 7.04. The van der Waals surface area contributed by atoms with Crippen LogP contribution in [0, 0.1) is 11.3 Å². The lowest BCUT2D eigenvalue weighted by Crippen LogP contribution is -2.53. The summed E-state index contributed by atoms with van der Waals surface area (Å²) < 4.78 is 44.3. The highest BCUT2D eigenvalue weighted by molar-refractivity contribution is 5.78. The van der Waals surface area contributed by atoms with E-state index in [2.05, 4.69) is 5.32 Å². The van der Waals surface area contributed by atoms with Gasteiger partial charge in [0.1, 0.15) is 0 Å². The Morgan fingerprint density at radius 1 is 1.27 bits per heavy atom. The number of hydrogen-bond acceptors (Lipinski definition) is 3. The minimum atomic E-state index is -4.17. The zero-order chi connectivity index (χ0) is 16.4. The summed E-state index contributed by atoms with van der Waals surface area (Å²) in [6.45, 7) is 5.34. The topological polar surface area (TPSA) is 41.6 Å². The van der Waals surface area contributed by atoms with Gasteiger partial charge in [-0.25, -0.2) is 0 Å². The maximum absolute atomic E-state index is 13.0. The van der Waals surface area contributed by atoms with Crippen LogP contribution in [0.15, 0.2) is 0 Å². The molecule has 2 heterocycles. The van der Waals surface area contributed by atoms with E-state index in [1.807, 2.05) is 4.90 Å². The van der Waals surface area contributed by atoms with Gasteiger partial charge < -0.3 is 10.1 Å². The number of hydrogen-bond donors (Lipinski definition) is 1. The molecule has 1 amide bonds. The van der Waals surface area contributed by atoms with Crippen molar-refractivity contribution in [2.75, 3.05) is 32.8 Å². The molecule has 0 unspecified atom stereocenters. The minimum Gasteiger partial charge on any atom is -0.381 e. The van der Waals surface area contributed by atoms with Crippen LogP contribution in [0.4, 0.5) is 13.2 Å². The minimum absolute atomic E-state index is 0.0566. The van der Waals surface area contributed by atoms with Crippen LogP contribution in [-0.2, 0) is 9.53 Å². The maximum Gasteiger partial charge on any atom is 0.392 e. The highest BCUT2D eigenvalue weighted by Gasteiger charge is 2.51. The number of amides is 1. The second-order valence-corrected chi connectivity index (χ2v) is 7.04.